The smallest absolute Gasteiger partial charge is 0.246 e. The Morgan fingerprint density at radius 2 is 2.12 bits per heavy atom. The van der Waals surface area contributed by atoms with E-state index in [1.807, 2.05) is 31.2 Å². The molecule has 17 heavy (non-hydrogen) atoms. The van der Waals surface area contributed by atoms with Gasteiger partial charge in [0.1, 0.15) is 12.4 Å². The zero-order valence-corrected chi connectivity index (χ0v) is 10.4. The van der Waals surface area contributed by atoms with Crippen LogP contribution in [0.5, 0.6) is 5.75 Å². The van der Waals surface area contributed by atoms with Crippen molar-refractivity contribution < 1.29 is 14.3 Å². The van der Waals surface area contributed by atoms with Crippen LogP contribution in [0.1, 0.15) is 18.9 Å². The predicted molar refractivity (Wildman–Crippen MR) is 66.0 cm³/mol. The molecule has 0 aromatic heterocycles. The third-order valence-corrected chi connectivity index (χ3v) is 2.25. The van der Waals surface area contributed by atoms with Gasteiger partial charge in [0.05, 0.1) is 7.11 Å². The summed E-state index contributed by atoms with van der Waals surface area (Å²) in [6.45, 7) is 3.19. The first-order valence-electron chi connectivity index (χ1n) is 5.74. The Labute approximate surface area is 102 Å². The van der Waals surface area contributed by atoms with Crippen molar-refractivity contribution in [2.75, 3.05) is 20.3 Å². The summed E-state index contributed by atoms with van der Waals surface area (Å²) in [7, 11) is 1.62. The van der Waals surface area contributed by atoms with Crippen LogP contribution in [0.4, 0.5) is 0 Å². The maximum absolute atomic E-state index is 11.4. The number of hydrogen-bond acceptors (Lipinski definition) is 3. The molecular formula is C13H19NO3. The molecule has 0 aliphatic carbocycles. The molecule has 0 spiro atoms. The van der Waals surface area contributed by atoms with E-state index < -0.39 is 0 Å². The SMILES string of the molecule is CCCOCC(=O)NCc1ccccc1OC. The molecule has 1 N–H and O–H groups in total. The zero-order valence-electron chi connectivity index (χ0n) is 10.4. The topological polar surface area (TPSA) is 47.6 Å². The maximum atomic E-state index is 11.4. The van der Waals surface area contributed by atoms with Gasteiger partial charge in [-0.05, 0) is 12.5 Å². The number of ether oxygens (including phenoxy) is 2. The molecule has 0 saturated heterocycles. The van der Waals surface area contributed by atoms with Gasteiger partial charge in [0.15, 0.2) is 0 Å². The molecule has 0 fully saturated rings. The molecule has 1 rings (SSSR count). The number of benzene rings is 1. The van der Waals surface area contributed by atoms with Crippen LogP contribution in [-0.2, 0) is 16.1 Å². The fraction of sp³-hybridized carbons (Fsp3) is 0.462. The predicted octanol–water partition coefficient (Wildman–Crippen LogP) is 1.74. The van der Waals surface area contributed by atoms with E-state index in [0.717, 1.165) is 17.7 Å². The highest BCUT2D eigenvalue weighted by Gasteiger charge is 2.04. The molecule has 0 heterocycles. The lowest BCUT2D eigenvalue weighted by molar-refractivity contribution is -0.125. The molecule has 0 atom stereocenters. The van der Waals surface area contributed by atoms with E-state index in [2.05, 4.69) is 5.32 Å². The molecule has 0 bridgehead atoms. The van der Waals surface area contributed by atoms with Gasteiger partial charge in [-0.1, -0.05) is 25.1 Å². The fourth-order valence-electron chi connectivity index (χ4n) is 1.40. The maximum Gasteiger partial charge on any atom is 0.246 e. The lowest BCUT2D eigenvalue weighted by Crippen LogP contribution is -2.27. The molecular weight excluding hydrogens is 218 g/mol. The molecule has 0 unspecified atom stereocenters. The Kier molecular flexibility index (Phi) is 6.10. The van der Waals surface area contributed by atoms with E-state index in [-0.39, 0.29) is 12.5 Å². The average molecular weight is 237 g/mol. The van der Waals surface area contributed by atoms with Crippen LogP contribution in [0, 0.1) is 0 Å². The Balaban J connectivity index is 2.36. The minimum absolute atomic E-state index is 0.107. The number of carbonyl (C=O) groups excluding carboxylic acids is 1. The lowest BCUT2D eigenvalue weighted by Gasteiger charge is -2.09. The van der Waals surface area contributed by atoms with E-state index in [1.165, 1.54) is 0 Å². The summed E-state index contributed by atoms with van der Waals surface area (Å²) in [6.07, 6.45) is 0.916. The van der Waals surface area contributed by atoms with Gasteiger partial charge in [-0.25, -0.2) is 0 Å². The highest BCUT2D eigenvalue weighted by atomic mass is 16.5. The number of methoxy groups -OCH3 is 1. The second kappa shape index (κ2) is 7.68. The fourth-order valence-corrected chi connectivity index (χ4v) is 1.40. The monoisotopic (exact) mass is 237 g/mol. The minimum atomic E-state index is -0.107. The first-order valence-corrected chi connectivity index (χ1v) is 5.74. The summed E-state index contributed by atoms with van der Waals surface area (Å²) in [4.78, 5) is 11.4. The third kappa shape index (κ3) is 4.87. The van der Waals surface area contributed by atoms with Gasteiger partial charge in [-0.15, -0.1) is 0 Å². The van der Waals surface area contributed by atoms with Gasteiger partial charge in [0.2, 0.25) is 5.91 Å². The Bertz CT molecular complexity index is 352. The normalized spacial score (nSPS) is 10.0. The van der Waals surface area contributed by atoms with Crippen LogP contribution in [0.3, 0.4) is 0 Å². The van der Waals surface area contributed by atoms with Gasteiger partial charge >= 0.3 is 0 Å². The summed E-state index contributed by atoms with van der Waals surface area (Å²) >= 11 is 0. The zero-order chi connectivity index (χ0) is 12.5. The van der Waals surface area contributed by atoms with Gasteiger partial charge in [-0.2, -0.15) is 0 Å². The van der Waals surface area contributed by atoms with Crippen molar-refractivity contribution in [1.82, 2.24) is 5.32 Å². The third-order valence-electron chi connectivity index (χ3n) is 2.25. The summed E-state index contributed by atoms with van der Waals surface area (Å²) in [5.41, 5.74) is 0.957. The molecule has 0 aliphatic heterocycles. The van der Waals surface area contributed by atoms with Crippen molar-refractivity contribution in [3.63, 3.8) is 0 Å². The molecule has 0 saturated carbocycles. The highest BCUT2D eigenvalue weighted by molar-refractivity contribution is 5.77. The van der Waals surface area contributed by atoms with Crippen molar-refractivity contribution in [2.24, 2.45) is 0 Å². The molecule has 4 heteroatoms. The van der Waals surface area contributed by atoms with Crippen LogP contribution < -0.4 is 10.1 Å². The number of hydrogen-bond donors (Lipinski definition) is 1. The Hall–Kier alpha value is -1.55. The highest BCUT2D eigenvalue weighted by Crippen LogP contribution is 2.16. The van der Waals surface area contributed by atoms with Gasteiger partial charge in [0.25, 0.3) is 0 Å². The van der Waals surface area contributed by atoms with Crippen LogP contribution in [0.25, 0.3) is 0 Å². The van der Waals surface area contributed by atoms with E-state index in [9.17, 15) is 4.79 Å². The molecule has 0 radical (unpaired) electrons. The first kappa shape index (κ1) is 13.5. The molecule has 0 aliphatic rings. The van der Waals surface area contributed by atoms with E-state index >= 15 is 0 Å². The van der Waals surface area contributed by atoms with Crippen molar-refractivity contribution in [2.45, 2.75) is 19.9 Å². The van der Waals surface area contributed by atoms with Crippen molar-refractivity contribution in [3.8, 4) is 5.75 Å². The van der Waals surface area contributed by atoms with Crippen molar-refractivity contribution in [1.29, 1.82) is 0 Å². The Morgan fingerprint density at radius 1 is 1.35 bits per heavy atom. The van der Waals surface area contributed by atoms with E-state index in [1.54, 1.807) is 7.11 Å². The molecule has 1 aromatic rings. The lowest BCUT2D eigenvalue weighted by atomic mass is 10.2. The average Bonchev–Trinajstić information content (AvgIpc) is 2.37. The van der Waals surface area contributed by atoms with Crippen LogP contribution in [0.2, 0.25) is 0 Å². The van der Waals surface area contributed by atoms with Gasteiger partial charge in [0, 0.05) is 18.7 Å². The minimum Gasteiger partial charge on any atom is -0.496 e. The van der Waals surface area contributed by atoms with Gasteiger partial charge in [-0.3, -0.25) is 4.79 Å². The van der Waals surface area contributed by atoms with Gasteiger partial charge < -0.3 is 14.8 Å². The quantitative estimate of drug-likeness (QED) is 0.735. The summed E-state index contributed by atoms with van der Waals surface area (Å²) in [5.74, 6) is 0.673. The van der Waals surface area contributed by atoms with Crippen LogP contribution in [-0.4, -0.2) is 26.2 Å². The molecule has 4 nitrogen and oxygen atoms in total. The number of amides is 1. The standard InChI is InChI=1S/C13H19NO3/c1-3-8-17-10-13(15)14-9-11-6-4-5-7-12(11)16-2/h4-7H,3,8-10H2,1-2H3,(H,14,15). The summed E-state index contributed by atoms with van der Waals surface area (Å²) in [5, 5.41) is 2.79. The Morgan fingerprint density at radius 3 is 2.82 bits per heavy atom. The molecule has 94 valence electrons. The molecule has 1 amide bonds. The summed E-state index contributed by atoms with van der Waals surface area (Å²) in [6, 6.07) is 7.60. The second-order valence-corrected chi connectivity index (χ2v) is 3.64. The first-order chi connectivity index (χ1) is 8.27. The van der Waals surface area contributed by atoms with E-state index in [0.29, 0.717) is 13.2 Å². The van der Waals surface area contributed by atoms with Crippen molar-refractivity contribution in [3.05, 3.63) is 29.8 Å². The van der Waals surface area contributed by atoms with Crippen LogP contribution >= 0.6 is 0 Å². The number of nitrogens with one attached hydrogen (secondary N) is 1. The van der Waals surface area contributed by atoms with Crippen molar-refractivity contribution >= 4 is 5.91 Å². The number of para-hydroxylation sites is 1. The molecule has 1 aromatic carbocycles. The number of carbonyl (C=O) groups is 1. The van der Waals surface area contributed by atoms with E-state index in [4.69, 9.17) is 9.47 Å². The number of rotatable bonds is 7. The van der Waals surface area contributed by atoms with Crippen LogP contribution in [0.15, 0.2) is 24.3 Å². The summed E-state index contributed by atoms with van der Waals surface area (Å²) < 4.78 is 10.3. The second-order valence-electron chi connectivity index (χ2n) is 3.64. The largest absolute Gasteiger partial charge is 0.496 e.